The zero-order valence-electron chi connectivity index (χ0n) is 12.5. The van der Waals surface area contributed by atoms with Crippen LogP contribution in [-0.2, 0) is 6.18 Å². The monoisotopic (exact) mass is 410 g/mol. The number of carbonyl (C=O) groups excluding carboxylic acids is 1. The van der Waals surface area contributed by atoms with Crippen LogP contribution >= 0.6 is 15.9 Å². The van der Waals surface area contributed by atoms with Crippen LogP contribution in [0, 0.1) is 0 Å². The average molecular weight is 411 g/mol. The highest BCUT2D eigenvalue weighted by atomic mass is 79.9. The number of halogens is 4. The van der Waals surface area contributed by atoms with Crippen molar-refractivity contribution in [2.24, 2.45) is 0 Å². The third-order valence-electron chi connectivity index (χ3n) is 3.38. The van der Waals surface area contributed by atoms with Gasteiger partial charge in [0.25, 0.3) is 5.91 Å². The summed E-state index contributed by atoms with van der Waals surface area (Å²) in [5, 5.41) is 9.97. The highest BCUT2D eigenvalue weighted by Gasteiger charge is 2.30. The Balaban J connectivity index is 1.83. The van der Waals surface area contributed by atoms with Gasteiger partial charge in [0.05, 0.1) is 11.1 Å². The normalized spacial score (nSPS) is 11.4. The summed E-state index contributed by atoms with van der Waals surface area (Å²) >= 11 is 3.30. The summed E-state index contributed by atoms with van der Waals surface area (Å²) in [7, 11) is 0. The number of amides is 1. The van der Waals surface area contributed by atoms with Crippen LogP contribution < -0.4 is 5.32 Å². The Morgan fingerprint density at radius 1 is 1.04 bits per heavy atom. The van der Waals surface area contributed by atoms with Crippen molar-refractivity contribution in [3.05, 3.63) is 70.7 Å². The van der Waals surface area contributed by atoms with E-state index in [2.05, 4.69) is 31.4 Å². The van der Waals surface area contributed by atoms with E-state index in [4.69, 9.17) is 0 Å². The van der Waals surface area contributed by atoms with Crippen LogP contribution in [0.25, 0.3) is 5.69 Å². The molecule has 2 aromatic carbocycles. The van der Waals surface area contributed by atoms with E-state index in [0.29, 0.717) is 15.7 Å². The van der Waals surface area contributed by atoms with Gasteiger partial charge in [0.15, 0.2) is 0 Å². The summed E-state index contributed by atoms with van der Waals surface area (Å²) in [5.74, 6) is -0.457. The Hall–Kier alpha value is -2.68. The quantitative estimate of drug-likeness (QED) is 0.699. The molecular formula is C16H10BrF3N4O. The Labute approximate surface area is 148 Å². The van der Waals surface area contributed by atoms with Gasteiger partial charge in [-0.1, -0.05) is 0 Å². The van der Waals surface area contributed by atoms with E-state index in [1.165, 1.54) is 24.8 Å². The van der Waals surface area contributed by atoms with Crippen LogP contribution in [0.2, 0.25) is 0 Å². The fourth-order valence-corrected chi connectivity index (χ4v) is 2.55. The topological polar surface area (TPSA) is 59.8 Å². The second-order valence-corrected chi connectivity index (χ2v) is 5.92. The van der Waals surface area contributed by atoms with E-state index in [0.717, 1.165) is 12.1 Å². The van der Waals surface area contributed by atoms with Gasteiger partial charge in [-0.05, 0) is 58.4 Å². The van der Waals surface area contributed by atoms with Crippen molar-refractivity contribution in [2.45, 2.75) is 6.18 Å². The molecule has 0 unspecified atom stereocenters. The van der Waals surface area contributed by atoms with Crippen molar-refractivity contribution in [1.29, 1.82) is 0 Å². The van der Waals surface area contributed by atoms with Crippen LogP contribution in [0.1, 0.15) is 15.9 Å². The highest BCUT2D eigenvalue weighted by molar-refractivity contribution is 9.10. The number of nitrogens with zero attached hydrogens (tertiary/aromatic N) is 3. The van der Waals surface area contributed by atoms with Crippen molar-refractivity contribution in [2.75, 3.05) is 5.32 Å². The molecule has 1 N–H and O–H groups in total. The predicted octanol–water partition coefficient (Wildman–Crippen LogP) is 4.30. The van der Waals surface area contributed by atoms with Crippen molar-refractivity contribution in [1.82, 2.24) is 14.8 Å². The van der Waals surface area contributed by atoms with Gasteiger partial charge >= 0.3 is 6.18 Å². The summed E-state index contributed by atoms with van der Waals surface area (Å²) in [6.45, 7) is 0. The van der Waals surface area contributed by atoms with Gasteiger partial charge < -0.3 is 5.32 Å². The predicted molar refractivity (Wildman–Crippen MR) is 88.5 cm³/mol. The molecule has 0 radical (unpaired) electrons. The fourth-order valence-electron chi connectivity index (χ4n) is 2.12. The largest absolute Gasteiger partial charge is 0.416 e. The van der Waals surface area contributed by atoms with Gasteiger partial charge in [0.2, 0.25) is 0 Å². The molecule has 128 valence electrons. The van der Waals surface area contributed by atoms with Crippen molar-refractivity contribution >= 4 is 27.5 Å². The maximum atomic E-state index is 12.6. The first-order chi connectivity index (χ1) is 11.8. The number of rotatable bonds is 3. The summed E-state index contributed by atoms with van der Waals surface area (Å²) in [4.78, 5) is 12.4. The number of hydrogen-bond acceptors (Lipinski definition) is 3. The number of aromatic nitrogens is 3. The molecule has 0 bridgehead atoms. The summed E-state index contributed by atoms with van der Waals surface area (Å²) in [6, 6.07) is 9.32. The van der Waals surface area contributed by atoms with Crippen LogP contribution in [-0.4, -0.2) is 20.7 Å². The lowest BCUT2D eigenvalue weighted by atomic mass is 10.1. The SMILES string of the molecule is O=C(Nc1ccc(C(F)(F)F)cc1)c1cc(-n2cnnc2)ccc1Br. The maximum absolute atomic E-state index is 12.6. The third kappa shape index (κ3) is 3.87. The zero-order chi connectivity index (χ0) is 18.0. The van der Waals surface area contributed by atoms with Crippen molar-refractivity contribution in [3.8, 4) is 5.69 Å². The molecule has 1 amide bonds. The van der Waals surface area contributed by atoms with Gasteiger partial charge in [-0.15, -0.1) is 10.2 Å². The minimum Gasteiger partial charge on any atom is -0.322 e. The second-order valence-electron chi connectivity index (χ2n) is 5.06. The average Bonchev–Trinajstić information content (AvgIpc) is 3.09. The number of nitrogens with one attached hydrogen (secondary N) is 1. The number of alkyl halides is 3. The summed E-state index contributed by atoms with van der Waals surface area (Å²) < 4.78 is 39.9. The van der Waals surface area contributed by atoms with E-state index in [-0.39, 0.29) is 5.69 Å². The molecule has 25 heavy (non-hydrogen) atoms. The molecule has 9 heteroatoms. The molecule has 3 rings (SSSR count). The first-order valence-corrected chi connectivity index (χ1v) is 7.77. The second kappa shape index (κ2) is 6.67. The third-order valence-corrected chi connectivity index (χ3v) is 4.07. The summed E-state index contributed by atoms with van der Waals surface area (Å²) in [6.07, 6.45) is -1.44. The van der Waals surface area contributed by atoms with Gasteiger partial charge in [0.1, 0.15) is 12.7 Å². The Bertz CT molecular complexity index is 893. The van der Waals surface area contributed by atoms with Crippen LogP contribution in [0.15, 0.2) is 59.6 Å². The lowest BCUT2D eigenvalue weighted by Gasteiger charge is -2.11. The van der Waals surface area contributed by atoms with Gasteiger partial charge in [-0.3, -0.25) is 9.36 Å². The molecule has 0 fully saturated rings. The maximum Gasteiger partial charge on any atom is 0.416 e. The van der Waals surface area contributed by atoms with E-state index < -0.39 is 17.6 Å². The zero-order valence-corrected chi connectivity index (χ0v) is 14.0. The minimum absolute atomic E-state index is 0.264. The van der Waals surface area contributed by atoms with E-state index in [9.17, 15) is 18.0 Å². The number of anilines is 1. The highest BCUT2D eigenvalue weighted by Crippen LogP contribution is 2.30. The number of hydrogen-bond donors (Lipinski definition) is 1. The van der Waals surface area contributed by atoms with Crippen molar-refractivity contribution in [3.63, 3.8) is 0 Å². The Morgan fingerprint density at radius 3 is 2.28 bits per heavy atom. The molecule has 0 saturated carbocycles. The molecule has 0 aliphatic rings. The number of carbonyl (C=O) groups is 1. The molecular weight excluding hydrogens is 401 g/mol. The van der Waals surface area contributed by atoms with Crippen LogP contribution in [0.5, 0.6) is 0 Å². The first kappa shape index (κ1) is 17.2. The molecule has 1 heterocycles. The fraction of sp³-hybridized carbons (Fsp3) is 0.0625. The molecule has 0 aliphatic carbocycles. The summed E-state index contributed by atoms with van der Waals surface area (Å²) in [5.41, 5.74) is 0.484. The standard InChI is InChI=1S/C16H10BrF3N4O/c17-14-6-5-12(24-8-21-22-9-24)7-13(14)15(25)23-11-3-1-10(2-4-11)16(18,19)20/h1-9H,(H,23,25). The van der Waals surface area contributed by atoms with Gasteiger partial charge in [-0.2, -0.15) is 13.2 Å². The first-order valence-electron chi connectivity index (χ1n) is 6.98. The Kier molecular flexibility index (Phi) is 4.58. The number of benzene rings is 2. The molecule has 1 aromatic heterocycles. The van der Waals surface area contributed by atoms with E-state index in [1.54, 1.807) is 22.8 Å². The van der Waals surface area contributed by atoms with Gasteiger partial charge in [0, 0.05) is 15.8 Å². The van der Waals surface area contributed by atoms with Crippen LogP contribution in [0.3, 0.4) is 0 Å². The smallest absolute Gasteiger partial charge is 0.322 e. The lowest BCUT2D eigenvalue weighted by Crippen LogP contribution is -2.13. The molecule has 0 aliphatic heterocycles. The van der Waals surface area contributed by atoms with Crippen LogP contribution in [0.4, 0.5) is 18.9 Å². The molecule has 3 aromatic rings. The molecule has 0 spiro atoms. The lowest BCUT2D eigenvalue weighted by molar-refractivity contribution is -0.137. The molecule has 5 nitrogen and oxygen atoms in total. The molecule has 0 atom stereocenters. The minimum atomic E-state index is -4.42. The van der Waals surface area contributed by atoms with E-state index in [1.807, 2.05) is 0 Å². The Morgan fingerprint density at radius 2 is 1.68 bits per heavy atom. The van der Waals surface area contributed by atoms with Gasteiger partial charge in [-0.25, -0.2) is 0 Å². The van der Waals surface area contributed by atoms with Crippen molar-refractivity contribution < 1.29 is 18.0 Å². The van der Waals surface area contributed by atoms with E-state index >= 15 is 0 Å². The molecule has 0 saturated heterocycles.